The number of rotatable bonds is 3. The van der Waals surface area contributed by atoms with Crippen LogP contribution < -0.4 is 0 Å². The first-order valence-corrected chi connectivity index (χ1v) is 8.47. The van der Waals surface area contributed by atoms with E-state index in [0.717, 1.165) is 13.0 Å². The highest BCUT2D eigenvalue weighted by Crippen LogP contribution is 2.43. The van der Waals surface area contributed by atoms with Gasteiger partial charge in [-0.2, -0.15) is 0 Å². The summed E-state index contributed by atoms with van der Waals surface area (Å²) >= 11 is 0. The highest BCUT2D eigenvalue weighted by molar-refractivity contribution is 5.58. The minimum absolute atomic E-state index is 0.449. The van der Waals surface area contributed by atoms with Crippen LogP contribution in [0.5, 0.6) is 0 Å². The molecule has 2 aliphatic rings. The van der Waals surface area contributed by atoms with Gasteiger partial charge in [0.25, 0.3) is 0 Å². The molecule has 0 unspecified atom stereocenters. The molecular formula is C18H24N4. The van der Waals surface area contributed by atoms with Crippen molar-refractivity contribution in [3.63, 3.8) is 0 Å². The first-order chi connectivity index (χ1) is 10.8. The summed E-state index contributed by atoms with van der Waals surface area (Å²) in [5.41, 5.74) is 2.86. The van der Waals surface area contributed by atoms with E-state index in [9.17, 15) is 0 Å². The fourth-order valence-electron chi connectivity index (χ4n) is 4.11. The molecule has 4 rings (SSSR count). The van der Waals surface area contributed by atoms with Crippen LogP contribution in [0.3, 0.4) is 0 Å². The van der Waals surface area contributed by atoms with Gasteiger partial charge in [-0.1, -0.05) is 6.92 Å². The predicted molar refractivity (Wildman–Crippen MR) is 87.6 cm³/mol. The van der Waals surface area contributed by atoms with E-state index in [1.54, 1.807) is 0 Å². The first-order valence-electron chi connectivity index (χ1n) is 8.47. The highest BCUT2D eigenvalue weighted by Gasteiger charge is 2.41. The van der Waals surface area contributed by atoms with Crippen molar-refractivity contribution in [2.75, 3.05) is 19.6 Å². The van der Waals surface area contributed by atoms with Gasteiger partial charge in [-0.05, 0) is 56.4 Å². The van der Waals surface area contributed by atoms with Crippen LogP contribution in [0.4, 0.5) is 0 Å². The van der Waals surface area contributed by atoms with Gasteiger partial charge in [0.2, 0.25) is 0 Å². The van der Waals surface area contributed by atoms with E-state index in [2.05, 4.69) is 27.4 Å². The normalized spacial score (nSPS) is 20.4. The molecule has 4 heterocycles. The summed E-state index contributed by atoms with van der Waals surface area (Å²) in [5, 5.41) is 0. The number of hydrogen-bond donors (Lipinski definition) is 0. The Hall–Kier alpha value is -1.68. The van der Waals surface area contributed by atoms with Crippen LogP contribution in [0.2, 0.25) is 0 Å². The molecule has 4 nitrogen and oxygen atoms in total. The molecule has 2 aromatic rings. The maximum Gasteiger partial charge on any atom is 0.109 e. The summed E-state index contributed by atoms with van der Waals surface area (Å²) in [6.45, 7) is 7.16. The number of piperidine rings is 1. The smallest absolute Gasteiger partial charge is 0.109 e. The van der Waals surface area contributed by atoms with Gasteiger partial charge in [-0.15, -0.1) is 0 Å². The lowest BCUT2D eigenvalue weighted by molar-refractivity contribution is 0.103. The maximum absolute atomic E-state index is 4.70. The van der Waals surface area contributed by atoms with E-state index in [-0.39, 0.29) is 0 Å². The summed E-state index contributed by atoms with van der Waals surface area (Å²) in [6, 6.07) is 4.13. The standard InChI is InChI=1S/C18H24N4/c1-2-8-21-9-5-18(6-10-21)11-17-20-13-16(22(17)14-18)15-4-3-7-19-12-15/h3-4,7,12-13H,2,5-6,8-11,14H2,1H3. The topological polar surface area (TPSA) is 34.0 Å². The molecule has 2 aliphatic heterocycles. The number of hydrogen-bond acceptors (Lipinski definition) is 3. The Bertz CT molecular complexity index is 638. The van der Waals surface area contributed by atoms with Gasteiger partial charge < -0.3 is 9.47 Å². The molecule has 0 aliphatic carbocycles. The van der Waals surface area contributed by atoms with Crippen molar-refractivity contribution in [1.29, 1.82) is 0 Å². The number of imidazole rings is 1. The molecule has 4 heteroatoms. The zero-order chi connectivity index (χ0) is 15.0. The number of fused-ring (bicyclic) bond motifs is 1. The fraction of sp³-hybridized carbons (Fsp3) is 0.556. The van der Waals surface area contributed by atoms with Gasteiger partial charge in [0.05, 0.1) is 11.9 Å². The van der Waals surface area contributed by atoms with Crippen LogP contribution in [-0.2, 0) is 13.0 Å². The molecule has 1 fully saturated rings. The highest BCUT2D eigenvalue weighted by atomic mass is 15.2. The summed E-state index contributed by atoms with van der Waals surface area (Å²) in [7, 11) is 0. The molecule has 1 spiro atoms. The average molecular weight is 296 g/mol. The minimum atomic E-state index is 0.449. The van der Waals surface area contributed by atoms with Crippen LogP contribution in [-0.4, -0.2) is 39.1 Å². The molecule has 0 radical (unpaired) electrons. The van der Waals surface area contributed by atoms with E-state index in [1.165, 1.54) is 56.0 Å². The quantitative estimate of drug-likeness (QED) is 0.873. The third-order valence-electron chi connectivity index (χ3n) is 5.38. The summed E-state index contributed by atoms with van der Waals surface area (Å²) < 4.78 is 2.44. The SMILES string of the molecule is CCCN1CCC2(CC1)Cc1ncc(-c3cccnc3)n1C2. The molecule has 0 atom stereocenters. The molecule has 1 saturated heterocycles. The third kappa shape index (κ3) is 2.35. The molecule has 0 aromatic carbocycles. The Balaban J connectivity index is 1.54. The number of nitrogens with zero attached hydrogens (tertiary/aromatic N) is 4. The van der Waals surface area contributed by atoms with Crippen LogP contribution in [0.25, 0.3) is 11.3 Å². The van der Waals surface area contributed by atoms with Crippen molar-refractivity contribution in [1.82, 2.24) is 19.4 Å². The Kier molecular flexibility index (Phi) is 3.49. The second kappa shape index (κ2) is 5.51. The van der Waals surface area contributed by atoms with Crippen molar-refractivity contribution in [2.45, 2.75) is 39.2 Å². The molecule has 2 aromatic heterocycles. The van der Waals surface area contributed by atoms with Gasteiger partial charge in [0.15, 0.2) is 0 Å². The Morgan fingerprint density at radius 1 is 1.23 bits per heavy atom. The van der Waals surface area contributed by atoms with Crippen molar-refractivity contribution < 1.29 is 0 Å². The fourth-order valence-corrected chi connectivity index (χ4v) is 4.11. The molecule has 0 N–H and O–H groups in total. The lowest BCUT2D eigenvalue weighted by Gasteiger charge is -2.38. The second-order valence-electron chi connectivity index (χ2n) is 6.91. The maximum atomic E-state index is 4.70. The van der Waals surface area contributed by atoms with Gasteiger partial charge in [0, 0.05) is 30.9 Å². The van der Waals surface area contributed by atoms with Crippen molar-refractivity contribution >= 4 is 0 Å². The Labute approximate surface area is 132 Å². The van der Waals surface area contributed by atoms with Gasteiger partial charge in [-0.3, -0.25) is 4.98 Å². The van der Waals surface area contributed by atoms with Crippen LogP contribution in [0.1, 0.15) is 32.0 Å². The van der Waals surface area contributed by atoms with Crippen molar-refractivity contribution in [3.8, 4) is 11.3 Å². The van der Waals surface area contributed by atoms with Gasteiger partial charge in [0.1, 0.15) is 5.82 Å². The van der Waals surface area contributed by atoms with E-state index < -0.39 is 0 Å². The van der Waals surface area contributed by atoms with Gasteiger partial charge in [-0.25, -0.2) is 4.98 Å². The number of likely N-dealkylation sites (tertiary alicyclic amines) is 1. The average Bonchev–Trinajstić information content (AvgIpc) is 3.08. The van der Waals surface area contributed by atoms with E-state index in [1.807, 2.05) is 24.7 Å². The molecule has 0 amide bonds. The van der Waals surface area contributed by atoms with E-state index in [0.29, 0.717) is 5.41 Å². The Morgan fingerprint density at radius 3 is 2.82 bits per heavy atom. The van der Waals surface area contributed by atoms with Crippen molar-refractivity contribution in [2.24, 2.45) is 5.41 Å². The molecule has 116 valence electrons. The Morgan fingerprint density at radius 2 is 2.09 bits per heavy atom. The number of aromatic nitrogens is 3. The van der Waals surface area contributed by atoms with Crippen molar-refractivity contribution in [3.05, 3.63) is 36.5 Å². The van der Waals surface area contributed by atoms with Crippen LogP contribution in [0.15, 0.2) is 30.7 Å². The predicted octanol–water partition coefficient (Wildman–Crippen LogP) is 2.99. The van der Waals surface area contributed by atoms with E-state index in [4.69, 9.17) is 4.98 Å². The second-order valence-corrected chi connectivity index (χ2v) is 6.91. The van der Waals surface area contributed by atoms with Gasteiger partial charge >= 0.3 is 0 Å². The zero-order valence-electron chi connectivity index (χ0n) is 13.3. The summed E-state index contributed by atoms with van der Waals surface area (Å²) in [6.07, 6.45) is 10.8. The van der Waals surface area contributed by atoms with Crippen LogP contribution in [0, 0.1) is 5.41 Å². The molecule has 22 heavy (non-hydrogen) atoms. The summed E-state index contributed by atoms with van der Waals surface area (Å²) in [5.74, 6) is 1.27. The van der Waals surface area contributed by atoms with Crippen LogP contribution >= 0.6 is 0 Å². The lowest BCUT2D eigenvalue weighted by Crippen LogP contribution is -2.41. The first kappa shape index (κ1) is 13.9. The minimum Gasteiger partial charge on any atom is -0.327 e. The number of pyridine rings is 1. The lowest BCUT2D eigenvalue weighted by atomic mass is 9.77. The molecule has 0 bridgehead atoms. The molecular weight excluding hydrogens is 272 g/mol. The molecule has 0 saturated carbocycles. The zero-order valence-corrected chi connectivity index (χ0v) is 13.3. The monoisotopic (exact) mass is 296 g/mol. The van der Waals surface area contributed by atoms with E-state index >= 15 is 0 Å². The third-order valence-corrected chi connectivity index (χ3v) is 5.38. The largest absolute Gasteiger partial charge is 0.327 e. The summed E-state index contributed by atoms with van der Waals surface area (Å²) in [4.78, 5) is 11.6.